The van der Waals surface area contributed by atoms with Crippen molar-refractivity contribution in [1.82, 2.24) is 9.78 Å². The molecule has 3 nitrogen and oxygen atoms in total. The Morgan fingerprint density at radius 3 is 2.85 bits per heavy atom. The number of hydrogen-bond donors (Lipinski definition) is 1. The van der Waals surface area contributed by atoms with Crippen LogP contribution in [0.4, 0.5) is 4.39 Å². The third kappa shape index (κ3) is 1.06. The largest absolute Gasteiger partial charge is 0.507 e. The molecule has 0 spiro atoms. The van der Waals surface area contributed by atoms with Crippen LogP contribution >= 0.6 is 0 Å². The Morgan fingerprint density at radius 2 is 2.15 bits per heavy atom. The van der Waals surface area contributed by atoms with Crippen LogP contribution in [-0.4, -0.2) is 14.9 Å². The first-order valence-electron chi connectivity index (χ1n) is 3.91. The standard InChI is InChI=1S/C9H9FN2O/c1-5-3-6-8(7(13)4-5)9(10)12(2)11-6/h3-4,13H,1-2H3. The number of aromatic hydroxyl groups is 1. The van der Waals surface area contributed by atoms with Crippen LogP contribution in [0.5, 0.6) is 5.75 Å². The average molecular weight is 180 g/mol. The SMILES string of the molecule is Cc1cc(O)c2c(F)n(C)nc2c1. The predicted octanol–water partition coefficient (Wildman–Crippen LogP) is 1.73. The van der Waals surface area contributed by atoms with Crippen molar-refractivity contribution in [2.24, 2.45) is 7.05 Å². The monoisotopic (exact) mass is 180 g/mol. The molecule has 0 aliphatic carbocycles. The minimum atomic E-state index is -0.507. The Morgan fingerprint density at radius 1 is 1.46 bits per heavy atom. The van der Waals surface area contributed by atoms with Crippen LogP contribution in [0.3, 0.4) is 0 Å². The molecule has 0 aliphatic rings. The van der Waals surface area contributed by atoms with Crippen molar-refractivity contribution in [2.75, 3.05) is 0 Å². The molecule has 0 saturated carbocycles. The van der Waals surface area contributed by atoms with E-state index in [0.717, 1.165) is 10.2 Å². The van der Waals surface area contributed by atoms with Crippen molar-refractivity contribution in [3.8, 4) is 5.75 Å². The number of nitrogens with zero attached hydrogens (tertiary/aromatic N) is 2. The van der Waals surface area contributed by atoms with Crippen molar-refractivity contribution in [3.05, 3.63) is 23.6 Å². The first-order valence-corrected chi connectivity index (χ1v) is 3.91. The molecule has 0 atom stereocenters. The van der Waals surface area contributed by atoms with E-state index >= 15 is 0 Å². The molecule has 0 fully saturated rings. The number of phenolic OH excluding ortho intramolecular Hbond substituents is 1. The maximum atomic E-state index is 13.3. The molecule has 0 radical (unpaired) electrons. The van der Waals surface area contributed by atoms with Crippen LogP contribution in [0.25, 0.3) is 10.9 Å². The van der Waals surface area contributed by atoms with Gasteiger partial charge in [0, 0.05) is 7.05 Å². The molecule has 0 amide bonds. The minimum absolute atomic E-state index is 0.0550. The van der Waals surface area contributed by atoms with Crippen LogP contribution in [-0.2, 0) is 7.05 Å². The third-order valence-corrected chi connectivity index (χ3v) is 1.99. The van der Waals surface area contributed by atoms with Crippen molar-refractivity contribution in [2.45, 2.75) is 6.92 Å². The molecule has 1 aromatic carbocycles. The Balaban J connectivity index is 2.94. The summed E-state index contributed by atoms with van der Waals surface area (Å²) in [5.74, 6) is -0.562. The van der Waals surface area contributed by atoms with Gasteiger partial charge in [0.15, 0.2) is 0 Å². The lowest BCUT2D eigenvalue weighted by molar-refractivity contribution is 0.471. The summed E-state index contributed by atoms with van der Waals surface area (Å²) in [4.78, 5) is 0. The molecule has 13 heavy (non-hydrogen) atoms. The molecule has 0 bridgehead atoms. The molecule has 0 aliphatic heterocycles. The van der Waals surface area contributed by atoms with E-state index in [2.05, 4.69) is 5.10 Å². The van der Waals surface area contributed by atoms with Crippen molar-refractivity contribution >= 4 is 10.9 Å². The Hall–Kier alpha value is -1.58. The molecule has 1 N–H and O–H groups in total. The van der Waals surface area contributed by atoms with Gasteiger partial charge in [0.2, 0.25) is 5.95 Å². The third-order valence-electron chi connectivity index (χ3n) is 1.99. The fraction of sp³-hybridized carbons (Fsp3) is 0.222. The summed E-state index contributed by atoms with van der Waals surface area (Å²) in [5.41, 5.74) is 1.35. The Labute approximate surface area is 74.4 Å². The quantitative estimate of drug-likeness (QED) is 0.670. The summed E-state index contributed by atoms with van der Waals surface area (Å²) in [7, 11) is 1.50. The number of aryl methyl sites for hydroxylation is 2. The zero-order chi connectivity index (χ0) is 9.59. The second-order valence-corrected chi connectivity index (χ2v) is 3.09. The smallest absolute Gasteiger partial charge is 0.222 e. The van der Waals surface area contributed by atoms with E-state index in [-0.39, 0.29) is 11.1 Å². The van der Waals surface area contributed by atoms with Gasteiger partial charge in [-0.05, 0) is 24.6 Å². The van der Waals surface area contributed by atoms with Crippen LogP contribution < -0.4 is 0 Å². The van der Waals surface area contributed by atoms with E-state index < -0.39 is 5.95 Å². The minimum Gasteiger partial charge on any atom is -0.507 e. The van der Waals surface area contributed by atoms with Crippen LogP contribution in [0, 0.1) is 12.9 Å². The first kappa shape index (κ1) is 8.04. The van der Waals surface area contributed by atoms with E-state index in [1.54, 1.807) is 6.07 Å². The van der Waals surface area contributed by atoms with Crippen molar-refractivity contribution in [3.63, 3.8) is 0 Å². The first-order chi connectivity index (χ1) is 6.09. The van der Waals surface area contributed by atoms with Gasteiger partial charge in [-0.15, -0.1) is 0 Å². The van der Waals surface area contributed by atoms with Gasteiger partial charge in [-0.25, -0.2) is 4.68 Å². The fourth-order valence-electron chi connectivity index (χ4n) is 1.41. The van der Waals surface area contributed by atoms with Crippen LogP contribution in [0.2, 0.25) is 0 Å². The molecular formula is C9H9FN2O. The van der Waals surface area contributed by atoms with E-state index in [0.29, 0.717) is 5.52 Å². The number of phenols is 1. The Kier molecular flexibility index (Phi) is 1.52. The van der Waals surface area contributed by atoms with Crippen LogP contribution in [0.15, 0.2) is 12.1 Å². The molecule has 1 heterocycles. The number of halogens is 1. The normalized spacial score (nSPS) is 11.0. The highest BCUT2D eigenvalue weighted by Gasteiger charge is 2.12. The van der Waals surface area contributed by atoms with Gasteiger partial charge < -0.3 is 5.11 Å². The average Bonchev–Trinajstić information content (AvgIpc) is 2.27. The van der Waals surface area contributed by atoms with E-state index in [9.17, 15) is 9.50 Å². The highest BCUT2D eigenvalue weighted by atomic mass is 19.1. The molecular weight excluding hydrogens is 171 g/mol. The summed E-state index contributed by atoms with van der Waals surface area (Å²) >= 11 is 0. The summed E-state index contributed by atoms with van der Waals surface area (Å²) in [5, 5.41) is 13.6. The van der Waals surface area contributed by atoms with Crippen molar-refractivity contribution < 1.29 is 9.50 Å². The van der Waals surface area contributed by atoms with Crippen LogP contribution in [0.1, 0.15) is 5.56 Å². The number of rotatable bonds is 0. The summed E-state index contributed by atoms with van der Waals surface area (Å²) in [6.45, 7) is 1.83. The molecule has 0 unspecified atom stereocenters. The molecule has 2 rings (SSSR count). The fourth-order valence-corrected chi connectivity index (χ4v) is 1.41. The molecule has 2 aromatic rings. The predicted molar refractivity (Wildman–Crippen MR) is 47.1 cm³/mol. The van der Waals surface area contributed by atoms with E-state index in [4.69, 9.17) is 0 Å². The maximum Gasteiger partial charge on any atom is 0.222 e. The molecule has 68 valence electrons. The number of hydrogen-bond acceptors (Lipinski definition) is 2. The lowest BCUT2D eigenvalue weighted by Gasteiger charge is -1.95. The van der Waals surface area contributed by atoms with Gasteiger partial charge in [-0.3, -0.25) is 0 Å². The summed E-state index contributed by atoms with van der Waals surface area (Å²) in [6.07, 6.45) is 0. The van der Waals surface area contributed by atoms with Gasteiger partial charge in [-0.2, -0.15) is 9.49 Å². The van der Waals surface area contributed by atoms with Gasteiger partial charge >= 0.3 is 0 Å². The lowest BCUT2D eigenvalue weighted by Crippen LogP contribution is -1.92. The van der Waals surface area contributed by atoms with E-state index in [1.807, 2.05) is 6.92 Å². The van der Waals surface area contributed by atoms with Gasteiger partial charge in [0.25, 0.3) is 0 Å². The highest BCUT2D eigenvalue weighted by molar-refractivity contribution is 5.85. The second-order valence-electron chi connectivity index (χ2n) is 3.09. The topological polar surface area (TPSA) is 38.0 Å². The zero-order valence-corrected chi connectivity index (χ0v) is 7.37. The number of aromatic nitrogens is 2. The van der Waals surface area contributed by atoms with E-state index in [1.165, 1.54) is 13.1 Å². The van der Waals surface area contributed by atoms with Gasteiger partial charge in [0.05, 0.1) is 10.9 Å². The van der Waals surface area contributed by atoms with Crippen molar-refractivity contribution in [1.29, 1.82) is 0 Å². The maximum absolute atomic E-state index is 13.3. The number of fused-ring (bicyclic) bond motifs is 1. The summed E-state index contributed by atoms with van der Waals surface area (Å²) in [6, 6.07) is 3.26. The highest BCUT2D eigenvalue weighted by Crippen LogP contribution is 2.27. The van der Waals surface area contributed by atoms with Gasteiger partial charge in [0.1, 0.15) is 5.75 Å². The molecule has 4 heteroatoms. The van der Waals surface area contributed by atoms with Gasteiger partial charge in [-0.1, -0.05) is 0 Å². The second kappa shape index (κ2) is 2.45. The molecule has 0 saturated heterocycles. The Bertz CT molecular complexity index is 476. The molecule has 1 aromatic heterocycles. The lowest BCUT2D eigenvalue weighted by atomic mass is 10.2. The zero-order valence-electron chi connectivity index (χ0n) is 7.37. The summed E-state index contributed by atoms with van der Waals surface area (Å²) < 4.78 is 14.4. The number of benzene rings is 1.